The summed E-state index contributed by atoms with van der Waals surface area (Å²) in [6, 6.07) is 1.60. The van der Waals surface area contributed by atoms with Crippen molar-refractivity contribution in [1.29, 1.82) is 0 Å². The van der Waals surface area contributed by atoms with E-state index >= 15 is 0 Å². The van der Waals surface area contributed by atoms with E-state index in [0.29, 0.717) is 29.4 Å². The second kappa shape index (κ2) is 6.18. The van der Waals surface area contributed by atoms with Crippen LogP contribution in [0, 0.1) is 0 Å². The molecule has 1 aliphatic carbocycles. The summed E-state index contributed by atoms with van der Waals surface area (Å²) in [5, 5.41) is 2.01. The van der Waals surface area contributed by atoms with Gasteiger partial charge in [0, 0.05) is 30.1 Å². The average molecular weight is 327 g/mol. The Hall–Kier alpha value is -2.11. The summed E-state index contributed by atoms with van der Waals surface area (Å²) in [6.45, 7) is 2.83. The number of hydrogen-bond donors (Lipinski definition) is 0. The third kappa shape index (κ3) is 2.78. The molecule has 1 fully saturated rings. The van der Waals surface area contributed by atoms with Crippen LogP contribution in [0.15, 0.2) is 51.0 Å². The Kier molecular flexibility index (Phi) is 3.89. The van der Waals surface area contributed by atoms with E-state index in [1.807, 2.05) is 11.5 Å². The van der Waals surface area contributed by atoms with E-state index in [9.17, 15) is 4.79 Å². The number of hydrogen-bond acceptors (Lipinski definition) is 5. The summed E-state index contributed by atoms with van der Waals surface area (Å²) in [5.41, 5.74) is 2.78. The maximum absolute atomic E-state index is 12.4. The molecule has 2 aliphatic rings. The van der Waals surface area contributed by atoms with Crippen molar-refractivity contribution in [3.8, 4) is 0 Å². The Morgan fingerprint density at radius 3 is 2.91 bits per heavy atom. The van der Waals surface area contributed by atoms with Gasteiger partial charge in [0.15, 0.2) is 11.5 Å². The SMILES string of the molecule is O=c1cc(N2CCOCC2)oc2c(C3=CC=CCC=C3)csc12. The lowest BCUT2D eigenvalue weighted by atomic mass is 10.1. The van der Waals surface area contributed by atoms with Crippen LogP contribution in [0.3, 0.4) is 0 Å². The Labute approximate surface area is 138 Å². The molecule has 1 aliphatic heterocycles. The lowest BCUT2D eigenvalue weighted by Crippen LogP contribution is -2.36. The zero-order valence-electron chi connectivity index (χ0n) is 12.7. The van der Waals surface area contributed by atoms with Crippen molar-refractivity contribution in [2.24, 2.45) is 0 Å². The van der Waals surface area contributed by atoms with Crippen LogP contribution in [0.2, 0.25) is 0 Å². The molecule has 118 valence electrons. The highest BCUT2D eigenvalue weighted by Crippen LogP contribution is 2.33. The van der Waals surface area contributed by atoms with Crippen molar-refractivity contribution in [2.75, 3.05) is 31.2 Å². The average Bonchev–Trinajstić information content (AvgIpc) is 2.83. The number of fused-ring (bicyclic) bond motifs is 1. The number of nitrogens with zero attached hydrogens (tertiary/aromatic N) is 1. The summed E-state index contributed by atoms with van der Waals surface area (Å²) in [6.07, 6.45) is 11.3. The van der Waals surface area contributed by atoms with Gasteiger partial charge in [-0.1, -0.05) is 30.4 Å². The van der Waals surface area contributed by atoms with Crippen molar-refractivity contribution in [3.05, 3.63) is 57.6 Å². The number of ether oxygens (including phenoxy) is 1. The minimum Gasteiger partial charge on any atom is -0.439 e. The normalized spacial score (nSPS) is 18.3. The molecule has 2 aromatic rings. The van der Waals surface area contributed by atoms with E-state index < -0.39 is 0 Å². The van der Waals surface area contributed by atoms with E-state index in [1.165, 1.54) is 11.3 Å². The molecule has 0 radical (unpaired) electrons. The number of thiophene rings is 1. The fourth-order valence-electron chi connectivity index (χ4n) is 2.83. The van der Waals surface area contributed by atoms with Crippen molar-refractivity contribution < 1.29 is 9.15 Å². The summed E-state index contributed by atoms with van der Waals surface area (Å²) < 4.78 is 12.2. The molecule has 4 rings (SSSR count). The van der Waals surface area contributed by atoms with Gasteiger partial charge in [0.25, 0.3) is 0 Å². The topological polar surface area (TPSA) is 42.7 Å². The van der Waals surface area contributed by atoms with E-state index in [-0.39, 0.29) is 5.43 Å². The predicted octanol–water partition coefficient (Wildman–Crippen LogP) is 3.59. The lowest BCUT2D eigenvalue weighted by Gasteiger charge is -2.27. The maximum atomic E-state index is 12.4. The molecule has 0 unspecified atom stereocenters. The monoisotopic (exact) mass is 327 g/mol. The minimum atomic E-state index is 0.0257. The van der Waals surface area contributed by atoms with Gasteiger partial charge in [0.2, 0.25) is 5.43 Å². The molecule has 5 heteroatoms. The Bertz CT molecular complexity index is 866. The molecule has 0 spiro atoms. The first-order valence-corrected chi connectivity index (χ1v) is 8.63. The van der Waals surface area contributed by atoms with Crippen LogP contribution in [-0.4, -0.2) is 26.3 Å². The van der Waals surface area contributed by atoms with Gasteiger partial charge in [-0.3, -0.25) is 4.79 Å². The van der Waals surface area contributed by atoms with Crippen molar-refractivity contribution >= 4 is 33.1 Å². The van der Waals surface area contributed by atoms with Crippen LogP contribution in [-0.2, 0) is 4.74 Å². The Morgan fingerprint density at radius 2 is 2.04 bits per heavy atom. The van der Waals surface area contributed by atoms with Gasteiger partial charge in [-0.2, -0.15) is 0 Å². The Balaban J connectivity index is 1.83. The highest BCUT2D eigenvalue weighted by Gasteiger charge is 2.18. The fourth-order valence-corrected chi connectivity index (χ4v) is 3.74. The molecule has 0 bridgehead atoms. The fraction of sp³-hybridized carbons (Fsp3) is 0.278. The second-order valence-electron chi connectivity index (χ2n) is 5.54. The first-order chi connectivity index (χ1) is 11.3. The van der Waals surface area contributed by atoms with E-state index in [1.54, 1.807) is 6.07 Å². The minimum absolute atomic E-state index is 0.0257. The van der Waals surface area contributed by atoms with Crippen LogP contribution >= 0.6 is 11.3 Å². The molecule has 0 saturated carbocycles. The molecular weight excluding hydrogens is 310 g/mol. The first-order valence-electron chi connectivity index (χ1n) is 7.75. The number of allylic oxidation sites excluding steroid dienone is 6. The largest absolute Gasteiger partial charge is 0.439 e. The Morgan fingerprint density at radius 1 is 1.17 bits per heavy atom. The van der Waals surface area contributed by atoms with Gasteiger partial charge in [0.1, 0.15) is 4.70 Å². The standard InChI is InChI=1S/C18H17NO3S/c20-15-11-16(19-7-9-21-10-8-19)22-17-14(12-23-18(15)17)13-5-3-1-2-4-6-13/h1,3-6,11-12H,2,7-10H2. The molecule has 23 heavy (non-hydrogen) atoms. The summed E-state index contributed by atoms with van der Waals surface area (Å²) in [7, 11) is 0. The second-order valence-corrected chi connectivity index (χ2v) is 6.42. The zero-order chi connectivity index (χ0) is 15.6. The first kappa shape index (κ1) is 14.5. The molecule has 0 amide bonds. The van der Waals surface area contributed by atoms with E-state index in [0.717, 1.165) is 30.6 Å². The smallest absolute Gasteiger partial charge is 0.204 e. The summed E-state index contributed by atoms with van der Waals surface area (Å²) in [5.74, 6) is 0.638. The van der Waals surface area contributed by atoms with Crippen LogP contribution < -0.4 is 10.3 Å². The highest BCUT2D eigenvalue weighted by molar-refractivity contribution is 7.17. The van der Waals surface area contributed by atoms with Crippen LogP contribution in [0.4, 0.5) is 5.88 Å². The number of rotatable bonds is 2. The third-order valence-corrected chi connectivity index (χ3v) is 5.02. The molecule has 2 aromatic heterocycles. The van der Waals surface area contributed by atoms with Crippen LogP contribution in [0.5, 0.6) is 0 Å². The molecule has 0 atom stereocenters. The van der Waals surface area contributed by atoms with Gasteiger partial charge in [-0.05, 0) is 12.0 Å². The van der Waals surface area contributed by atoms with Crippen molar-refractivity contribution in [1.82, 2.24) is 0 Å². The predicted molar refractivity (Wildman–Crippen MR) is 94.3 cm³/mol. The number of anilines is 1. The number of morpholine rings is 1. The molecule has 1 saturated heterocycles. The van der Waals surface area contributed by atoms with E-state index in [2.05, 4.69) is 29.2 Å². The third-order valence-electron chi connectivity index (χ3n) is 4.05. The molecule has 0 aromatic carbocycles. The van der Waals surface area contributed by atoms with Crippen molar-refractivity contribution in [2.45, 2.75) is 6.42 Å². The van der Waals surface area contributed by atoms with Crippen molar-refractivity contribution in [3.63, 3.8) is 0 Å². The lowest BCUT2D eigenvalue weighted by molar-refractivity contribution is 0.121. The molecular formula is C18H17NO3S. The summed E-state index contributed by atoms with van der Waals surface area (Å²) >= 11 is 1.45. The van der Waals surface area contributed by atoms with Gasteiger partial charge in [-0.25, -0.2) is 0 Å². The molecule has 0 N–H and O–H groups in total. The van der Waals surface area contributed by atoms with E-state index in [4.69, 9.17) is 9.15 Å². The summed E-state index contributed by atoms with van der Waals surface area (Å²) in [4.78, 5) is 14.5. The van der Waals surface area contributed by atoms with Crippen LogP contribution in [0.1, 0.15) is 12.0 Å². The highest BCUT2D eigenvalue weighted by atomic mass is 32.1. The molecule has 3 heterocycles. The van der Waals surface area contributed by atoms with Gasteiger partial charge >= 0.3 is 0 Å². The van der Waals surface area contributed by atoms with Gasteiger partial charge in [-0.15, -0.1) is 11.3 Å². The van der Waals surface area contributed by atoms with Crippen LogP contribution in [0.25, 0.3) is 15.9 Å². The van der Waals surface area contributed by atoms with Gasteiger partial charge in [0.05, 0.1) is 13.2 Å². The van der Waals surface area contributed by atoms with Gasteiger partial charge < -0.3 is 14.1 Å². The zero-order valence-corrected chi connectivity index (χ0v) is 13.5. The quantitative estimate of drug-likeness (QED) is 0.845. The molecule has 4 nitrogen and oxygen atoms in total. The maximum Gasteiger partial charge on any atom is 0.204 e.